The number of nitrogens with zero attached hydrogens (tertiary/aromatic N) is 4. The average molecular weight is 300 g/mol. The lowest BCUT2D eigenvalue weighted by molar-refractivity contribution is 0.0694. The van der Waals surface area contributed by atoms with E-state index < -0.39 is 0 Å². The maximum Gasteiger partial charge on any atom is 0.253 e. The molecule has 0 spiro atoms. The Kier molecular flexibility index (Phi) is 3.17. The monoisotopic (exact) mass is 300 g/mol. The summed E-state index contributed by atoms with van der Waals surface area (Å²) >= 11 is 0. The molecular formula is C15H16N4O3. The summed E-state index contributed by atoms with van der Waals surface area (Å²) in [4.78, 5) is 14.5. The van der Waals surface area contributed by atoms with E-state index in [0.29, 0.717) is 23.1 Å². The van der Waals surface area contributed by atoms with Crippen LogP contribution in [-0.2, 0) is 0 Å². The molecule has 1 aromatic carbocycles. The van der Waals surface area contributed by atoms with E-state index in [4.69, 9.17) is 9.47 Å². The summed E-state index contributed by atoms with van der Waals surface area (Å²) < 4.78 is 12.6. The van der Waals surface area contributed by atoms with Gasteiger partial charge in [-0.05, 0) is 31.0 Å². The smallest absolute Gasteiger partial charge is 0.253 e. The van der Waals surface area contributed by atoms with Crippen molar-refractivity contribution in [2.75, 3.05) is 19.9 Å². The zero-order valence-electron chi connectivity index (χ0n) is 12.0. The second kappa shape index (κ2) is 5.32. The molecule has 1 fully saturated rings. The predicted octanol–water partition coefficient (Wildman–Crippen LogP) is 1.48. The van der Waals surface area contributed by atoms with Gasteiger partial charge >= 0.3 is 0 Å². The minimum absolute atomic E-state index is 0.0421. The Morgan fingerprint density at radius 3 is 2.59 bits per heavy atom. The van der Waals surface area contributed by atoms with Gasteiger partial charge in [0.05, 0.1) is 0 Å². The first-order valence-electron chi connectivity index (χ1n) is 7.34. The molecule has 2 aliphatic heterocycles. The van der Waals surface area contributed by atoms with Crippen LogP contribution >= 0.6 is 0 Å². The topological polar surface area (TPSA) is 69.5 Å². The summed E-state index contributed by atoms with van der Waals surface area (Å²) in [6, 6.07) is 5.72. The van der Waals surface area contributed by atoms with Crippen LogP contribution in [0.5, 0.6) is 11.5 Å². The second-order valence-electron chi connectivity index (χ2n) is 5.50. The van der Waals surface area contributed by atoms with Gasteiger partial charge in [-0.25, -0.2) is 0 Å². The Hall–Kier alpha value is -2.57. The van der Waals surface area contributed by atoms with Crippen LogP contribution in [0, 0.1) is 0 Å². The summed E-state index contributed by atoms with van der Waals surface area (Å²) in [5.74, 6) is 1.38. The minimum atomic E-state index is 0.0421. The molecule has 0 saturated carbocycles. The molecule has 7 heteroatoms. The van der Waals surface area contributed by atoms with Gasteiger partial charge in [-0.2, -0.15) is 0 Å². The molecule has 1 saturated heterocycles. The van der Waals surface area contributed by atoms with Crippen LogP contribution in [0.3, 0.4) is 0 Å². The molecule has 0 bridgehead atoms. The lowest BCUT2D eigenvalue weighted by Crippen LogP contribution is -2.38. The number of fused-ring (bicyclic) bond motifs is 1. The summed E-state index contributed by atoms with van der Waals surface area (Å²) in [5.41, 5.74) is 0.645. The van der Waals surface area contributed by atoms with E-state index in [1.54, 1.807) is 30.9 Å². The SMILES string of the molecule is O=C(c1ccc2c(c1)OCO2)N1CCC(n2cnnc2)CC1. The molecule has 1 amide bonds. The number of ether oxygens (including phenoxy) is 2. The van der Waals surface area contributed by atoms with E-state index in [1.165, 1.54) is 0 Å². The van der Waals surface area contributed by atoms with Crippen LogP contribution in [-0.4, -0.2) is 45.5 Å². The first kappa shape index (κ1) is 13.1. The Morgan fingerprint density at radius 2 is 1.82 bits per heavy atom. The first-order chi connectivity index (χ1) is 10.8. The lowest BCUT2D eigenvalue weighted by Gasteiger charge is -2.32. The van der Waals surface area contributed by atoms with Gasteiger partial charge in [-0.3, -0.25) is 4.79 Å². The fraction of sp³-hybridized carbons (Fsp3) is 0.400. The molecule has 7 nitrogen and oxygen atoms in total. The highest BCUT2D eigenvalue weighted by atomic mass is 16.7. The van der Waals surface area contributed by atoms with Crippen molar-refractivity contribution >= 4 is 5.91 Å². The van der Waals surface area contributed by atoms with Crippen LogP contribution in [0.2, 0.25) is 0 Å². The summed E-state index contributed by atoms with van der Waals surface area (Å²) in [6.45, 7) is 1.68. The molecule has 0 N–H and O–H groups in total. The van der Waals surface area contributed by atoms with E-state index >= 15 is 0 Å². The van der Waals surface area contributed by atoms with Crippen molar-refractivity contribution < 1.29 is 14.3 Å². The highest BCUT2D eigenvalue weighted by molar-refractivity contribution is 5.95. The third-order valence-electron chi connectivity index (χ3n) is 4.23. The fourth-order valence-electron chi connectivity index (χ4n) is 2.98. The number of amides is 1. The van der Waals surface area contributed by atoms with Crippen molar-refractivity contribution in [2.24, 2.45) is 0 Å². The molecule has 22 heavy (non-hydrogen) atoms. The molecular weight excluding hydrogens is 284 g/mol. The van der Waals surface area contributed by atoms with Crippen molar-refractivity contribution in [2.45, 2.75) is 18.9 Å². The van der Waals surface area contributed by atoms with Gasteiger partial charge in [0.25, 0.3) is 5.91 Å². The molecule has 0 radical (unpaired) electrons. The molecule has 1 aromatic heterocycles. The third-order valence-corrected chi connectivity index (χ3v) is 4.23. The van der Waals surface area contributed by atoms with E-state index in [-0.39, 0.29) is 12.7 Å². The normalized spacial score (nSPS) is 17.7. The molecule has 4 rings (SSSR count). The van der Waals surface area contributed by atoms with Crippen molar-refractivity contribution in [1.29, 1.82) is 0 Å². The highest BCUT2D eigenvalue weighted by Gasteiger charge is 2.25. The number of piperidine rings is 1. The van der Waals surface area contributed by atoms with Crippen LogP contribution in [0.4, 0.5) is 0 Å². The summed E-state index contributed by atoms with van der Waals surface area (Å²) in [5, 5.41) is 7.68. The standard InChI is InChI=1S/C15H16N4O3/c20-15(11-1-2-13-14(7-11)22-10-21-13)18-5-3-12(4-6-18)19-8-16-17-9-19/h1-2,7-9,12H,3-6,10H2. The second-order valence-corrected chi connectivity index (χ2v) is 5.50. The lowest BCUT2D eigenvalue weighted by atomic mass is 10.0. The van der Waals surface area contributed by atoms with Crippen molar-refractivity contribution in [3.8, 4) is 11.5 Å². The summed E-state index contributed by atoms with van der Waals surface area (Å²) in [7, 11) is 0. The number of aromatic nitrogens is 3. The summed E-state index contributed by atoms with van der Waals surface area (Å²) in [6.07, 6.45) is 5.29. The van der Waals surface area contributed by atoms with Crippen molar-refractivity contribution in [3.63, 3.8) is 0 Å². The minimum Gasteiger partial charge on any atom is -0.454 e. The average Bonchev–Trinajstić information content (AvgIpc) is 3.25. The first-order valence-corrected chi connectivity index (χ1v) is 7.34. The van der Waals surface area contributed by atoms with Gasteiger partial charge in [0.1, 0.15) is 12.7 Å². The highest BCUT2D eigenvalue weighted by Crippen LogP contribution is 2.33. The van der Waals surface area contributed by atoms with E-state index in [2.05, 4.69) is 10.2 Å². The van der Waals surface area contributed by atoms with Crippen molar-refractivity contribution in [3.05, 3.63) is 36.4 Å². The Morgan fingerprint density at radius 1 is 1.09 bits per heavy atom. The number of likely N-dealkylation sites (tertiary alicyclic amines) is 1. The molecule has 2 aromatic rings. The molecule has 114 valence electrons. The number of benzene rings is 1. The Balaban J connectivity index is 1.44. The third kappa shape index (κ3) is 2.28. The molecule has 0 aliphatic carbocycles. The maximum absolute atomic E-state index is 12.6. The molecule has 3 heterocycles. The van der Waals surface area contributed by atoms with Gasteiger partial charge in [0.15, 0.2) is 11.5 Å². The van der Waals surface area contributed by atoms with Gasteiger partial charge in [0, 0.05) is 24.7 Å². The largest absolute Gasteiger partial charge is 0.454 e. The number of hydrogen-bond donors (Lipinski definition) is 0. The van der Waals surface area contributed by atoms with Crippen LogP contribution in [0.1, 0.15) is 29.2 Å². The number of carbonyl (C=O) groups excluding carboxylic acids is 1. The zero-order chi connectivity index (χ0) is 14.9. The number of rotatable bonds is 2. The van der Waals surface area contributed by atoms with Gasteiger partial charge in [0.2, 0.25) is 6.79 Å². The Bertz CT molecular complexity index is 678. The van der Waals surface area contributed by atoms with E-state index in [9.17, 15) is 4.79 Å². The van der Waals surface area contributed by atoms with Gasteiger partial charge in [-0.1, -0.05) is 0 Å². The van der Waals surface area contributed by atoms with Crippen molar-refractivity contribution in [1.82, 2.24) is 19.7 Å². The van der Waals surface area contributed by atoms with Crippen LogP contribution in [0.15, 0.2) is 30.9 Å². The molecule has 0 unspecified atom stereocenters. The maximum atomic E-state index is 12.6. The fourth-order valence-corrected chi connectivity index (χ4v) is 2.98. The van der Waals surface area contributed by atoms with E-state index in [0.717, 1.165) is 25.9 Å². The zero-order valence-corrected chi connectivity index (χ0v) is 12.0. The molecule has 2 aliphatic rings. The predicted molar refractivity (Wildman–Crippen MR) is 76.8 cm³/mol. The van der Waals surface area contributed by atoms with Gasteiger partial charge in [-0.15, -0.1) is 10.2 Å². The van der Waals surface area contributed by atoms with Gasteiger partial charge < -0.3 is 18.9 Å². The quantitative estimate of drug-likeness (QED) is 0.840. The number of hydrogen-bond acceptors (Lipinski definition) is 5. The molecule has 0 atom stereocenters. The number of carbonyl (C=O) groups is 1. The van der Waals surface area contributed by atoms with E-state index in [1.807, 2.05) is 9.47 Å². The Labute approximate surface area is 127 Å². The van der Waals surface area contributed by atoms with Crippen LogP contribution in [0.25, 0.3) is 0 Å². The van der Waals surface area contributed by atoms with Crippen LogP contribution < -0.4 is 9.47 Å².